The Morgan fingerprint density at radius 2 is 1.74 bits per heavy atom. The van der Waals surface area contributed by atoms with E-state index in [0.717, 1.165) is 18.6 Å². The molecule has 1 atom stereocenters. The van der Waals surface area contributed by atoms with Crippen LogP contribution < -0.4 is 10.5 Å². The third-order valence-electron chi connectivity index (χ3n) is 4.46. The Kier molecular flexibility index (Phi) is 4.19. The molecule has 2 nitrogen and oxygen atoms in total. The van der Waals surface area contributed by atoms with Gasteiger partial charge in [0.2, 0.25) is 0 Å². The highest BCUT2D eigenvalue weighted by atomic mass is 16.5. The summed E-state index contributed by atoms with van der Waals surface area (Å²) in [4.78, 5) is 0. The normalized spacial score (nSPS) is 26.7. The Morgan fingerprint density at radius 3 is 2.37 bits per heavy atom. The summed E-state index contributed by atoms with van der Waals surface area (Å²) in [6.07, 6.45) is 5.87. The lowest BCUT2D eigenvalue weighted by Gasteiger charge is -2.30. The van der Waals surface area contributed by atoms with Gasteiger partial charge in [0.1, 0.15) is 5.75 Å². The molecule has 1 aliphatic rings. The SMILES string of the molecule is CCOc1ccc(C2(N)CCCC(C)(C)CC2)cc1. The summed E-state index contributed by atoms with van der Waals surface area (Å²) in [7, 11) is 0. The van der Waals surface area contributed by atoms with E-state index in [4.69, 9.17) is 10.5 Å². The molecule has 1 saturated carbocycles. The highest BCUT2D eigenvalue weighted by Crippen LogP contribution is 2.41. The van der Waals surface area contributed by atoms with Crippen LogP contribution in [0, 0.1) is 5.41 Å². The van der Waals surface area contributed by atoms with E-state index in [1.807, 2.05) is 19.1 Å². The first-order valence-corrected chi connectivity index (χ1v) is 7.47. The monoisotopic (exact) mass is 261 g/mol. The third-order valence-corrected chi connectivity index (χ3v) is 4.46. The zero-order valence-electron chi connectivity index (χ0n) is 12.5. The van der Waals surface area contributed by atoms with Crippen molar-refractivity contribution in [3.63, 3.8) is 0 Å². The maximum atomic E-state index is 6.68. The van der Waals surface area contributed by atoms with Gasteiger partial charge in [-0.05, 0) is 55.7 Å². The van der Waals surface area contributed by atoms with Gasteiger partial charge in [0, 0.05) is 5.54 Å². The Hall–Kier alpha value is -1.02. The molecule has 2 N–H and O–H groups in total. The number of hydrogen-bond acceptors (Lipinski definition) is 2. The minimum absolute atomic E-state index is 0.154. The van der Waals surface area contributed by atoms with Crippen molar-refractivity contribution in [1.29, 1.82) is 0 Å². The fourth-order valence-corrected chi connectivity index (χ4v) is 3.03. The lowest BCUT2D eigenvalue weighted by molar-refractivity contribution is 0.299. The number of nitrogens with two attached hydrogens (primary N) is 1. The first kappa shape index (κ1) is 14.4. The molecule has 0 aliphatic heterocycles. The van der Waals surface area contributed by atoms with Gasteiger partial charge in [-0.1, -0.05) is 32.4 Å². The van der Waals surface area contributed by atoms with Crippen LogP contribution in [0.1, 0.15) is 58.4 Å². The summed E-state index contributed by atoms with van der Waals surface area (Å²) >= 11 is 0. The van der Waals surface area contributed by atoms with E-state index in [-0.39, 0.29) is 5.54 Å². The molecule has 106 valence electrons. The van der Waals surface area contributed by atoms with E-state index in [0.29, 0.717) is 12.0 Å². The summed E-state index contributed by atoms with van der Waals surface area (Å²) in [5.41, 5.74) is 8.23. The average Bonchev–Trinajstić information content (AvgIpc) is 2.51. The first-order valence-electron chi connectivity index (χ1n) is 7.47. The van der Waals surface area contributed by atoms with Crippen LogP contribution in [0.3, 0.4) is 0 Å². The average molecular weight is 261 g/mol. The second-order valence-electron chi connectivity index (χ2n) is 6.63. The zero-order valence-corrected chi connectivity index (χ0v) is 12.5. The van der Waals surface area contributed by atoms with Crippen LogP contribution in [0.4, 0.5) is 0 Å². The van der Waals surface area contributed by atoms with Crippen molar-refractivity contribution in [2.24, 2.45) is 11.1 Å². The van der Waals surface area contributed by atoms with Gasteiger partial charge in [0.15, 0.2) is 0 Å². The van der Waals surface area contributed by atoms with E-state index in [1.165, 1.54) is 24.8 Å². The highest BCUT2D eigenvalue weighted by molar-refractivity contribution is 5.32. The molecule has 19 heavy (non-hydrogen) atoms. The molecule has 0 radical (unpaired) electrons. The fourth-order valence-electron chi connectivity index (χ4n) is 3.03. The van der Waals surface area contributed by atoms with Gasteiger partial charge in [-0.25, -0.2) is 0 Å². The van der Waals surface area contributed by atoms with Crippen LogP contribution >= 0.6 is 0 Å². The van der Waals surface area contributed by atoms with Crippen LogP contribution in [0.25, 0.3) is 0 Å². The molecule has 1 aromatic carbocycles. The molecule has 0 bridgehead atoms. The molecular formula is C17H27NO. The number of benzene rings is 1. The summed E-state index contributed by atoms with van der Waals surface area (Å²) in [6, 6.07) is 8.37. The van der Waals surface area contributed by atoms with Crippen molar-refractivity contribution in [3.05, 3.63) is 29.8 Å². The molecule has 0 spiro atoms. The quantitative estimate of drug-likeness (QED) is 0.826. The predicted molar refractivity (Wildman–Crippen MR) is 80.3 cm³/mol. The highest BCUT2D eigenvalue weighted by Gasteiger charge is 2.33. The Bertz CT molecular complexity index is 410. The summed E-state index contributed by atoms with van der Waals surface area (Å²) < 4.78 is 5.50. The molecule has 1 aromatic rings. The Morgan fingerprint density at radius 1 is 1.05 bits per heavy atom. The second-order valence-corrected chi connectivity index (χ2v) is 6.63. The van der Waals surface area contributed by atoms with Crippen molar-refractivity contribution >= 4 is 0 Å². The minimum Gasteiger partial charge on any atom is -0.494 e. The minimum atomic E-state index is -0.154. The molecule has 1 fully saturated rings. The molecule has 1 unspecified atom stereocenters. The number of rotatable bonds is 3. The van der Waals surface area contributed by atoms with Crippen LogP contribution in [-0.4, -0.2) is 6.61 Å². The lowest BCUT2D eigenvalue weighted by Crippen LogP contribution is -2.36. The van der Waals surface area contributed by atoms with Crippen molar-refractivity contribution in [3.8, 4) is 5.75 Å². The van der Waals surface area contributed by atoms with Gasteiger partial charge in [0.05, 0.1) is 6.61 Å². The van der Waals surface area contributed by atoms with Crippen molar-refractivity contribution < 1.29 is 4.74 Å². The molecule has 2 heteroatoms. The van der Waals surface area contributed by atoms with E-state index < -0.39 is 0 Å². The van der Waals surface area contributed by atoms with E-state index in [2.05, 4.69) is 26.0 Å². The number of hydrogen-bond donors (Lipinski definition) is 1. The van der Waals surface area contributed by atoms with Gasteiger partial charge < -0.3 is 10.5 Å². The summed E-state index contributed by atoms with van der Waals surface area (Å²) in [6.45, 7) is 7.43. The van der Waals surface area contributed by atoms with Crippen LogP contribution in [-0.2, 0) is 5.54 Å². The van der Waals surface area contributed by atoms with E-state index in [9.17, 15) is 0 Å². The predicted octanol–water partition coefficient (Wildman–Crippen LogP) is 4.23. The van der Waals surface area contributed by atoms with Crippen molar-refractivity contribution in [2.45, 2.75) is 58.4 Å². The zero-order chi connectivity index (χ0) is 13.9. The maximum Gasteiger partial charge on any atom is 0.119 e. The second kappa shape index (κ2) is 5.54. The molecule has 1 aliphatic carbocycles. The van der Waals surface area contributed by atoms with Crippen LogP contribution in [0.15, 0.2) is 24.3 Å². The van der Waals surface area contributed by atoms with Gasteiger partial charge in [-0.2, -0.15) is 0 Å². The Labute approximate surface area is 117 Å². The van der Waals surface area contributed by atoms with Crippen molar-refractivity contribution in [1.82, 2.24) is 0 Å². The number of ether oxygens (including phenoxy) is 1. The third kappa shape index (κ3) is 3.50. The van der Waals surface area contributed by atoms with Crippen LogP contribution in [0.2, 0.25) is 0 Å². The van der Waals surface area contributed by atoms with Gasteiger partial charge in [-0.15, -0.1) is 0 Å². The molecule has 0 amide bonds. The van der Waals surface area contributed by atoms with Gasteiger partial charge >= 0.3 is 0 Å². The first-order chi connectivity index (χ1) is 8.95. The lowest BCUT2D eigenvalue weighted by atomic mass is 9.81. The molecule has 0 heterocycles. The van der Waals surface area contributed by atoms with Gasteiger partial charge in [-0.3, -0.25) is 0 Å². The van der Waals surface area contributed by atoms with Crippen molar-refractivity contribution in [2.75, 3.05) is 6.61 Å². The summed E-state index contributed by atoms with van der Waals surface area (Å²) in [5.74, 6) is 0.934. The molecule has 2 rings (SSSR count). The molecule has 0 aromatic heterocycles. The van der Waals surface area contributed by atoms with Crippen LogP contribution in [0.5, 0.6) is 5.75 Å². The Balaban J connectivity index is 2.14. The molecular weight excluding hydrogens is 234 g/mol. The standard InChI is InChI=1S/C17H27NO/c1-4-19-15-8-6-14(7-9-15)17(18)11-5-10-16(2,3)12-13-17/h6-9H,4-5,10-13,18H2,1-3H3. The topological polar surface area (TPSA) is 35.2 Å². The van der Waals surface area contributed by atoms with E-state index >= 15 is 0 Å². The van der Waals surface area contributed by atoms with Gasteiger partial charge in [0.25, 0.3) is 0 Å². The van der Waals surface area contributed by atoms with E-state index in [1.54, 1.807) is 0 Å². The molecule has 0 saturated heterocycles. The maximum absolute atomic E-state index is 6.68. The fraction of sp³-hybridized carbons (Fsp3) is 0.647. The largest absolute Gasteiger partial charge is 0.494 e. The summed E-state index contributed by atoms with van der Waals surface area (Å²) in [5, 5.41) is 0. The smallest absolute Gasteiger partial charge is 0.119 e.